The van der Waals surface area contributed by atoms with Gasteiger partial charge in [0.2, 0.25) is 11.7 Å². The van der Waals surface area contributed by atoms with Crippen LogP contribution in [0.3, 0.4) is 0 Å². The molecule has 28 heavy (non-hydrogen) atoms. The van der Waals surface area contributed by atoms with Crippen molar-refractivity contribution in [1.29, 1.82) is 0 Å². The van der Waals surface area contributed by atoms with Gasteiger partial charge < -0.3 is 19.1 Å². The van der Waals surface area contributed by atoms with Gasteiger partial charge in [-0.2, -0.15) is 0 Å². The molecule has 6 nitrogen and oxygen atoms in total. The summed E-state index contributed by atoms with van der Waals surface area (Å²) < 4.78 is 16.2. The van der Waals surface area contributed by atoms with E-state index in [0.717, 1.165) is 38.0 Å². The number of amides is 1. The topological polar surface area (TPSA) is 51.2 Å². The number of hydrogen-bond donors (Lipinski definition) is 0. The number of likely N-dealkylation sites (tertiary alicyclic amines) is 1. The van der Waals surface area contributed by atoms with Gasteiger partial charge in [0.1, 0.15) is 0 Å². The van der Waals surface area contributed by atoms with Crippen molar-refractivity contribution in [3.05, 3.63) is 23.8 Å². The molecule has 2 unspecified atom stereocenters. The highest BCUT2D eigenvalue weighted by atomic mass is 35.5. The van der Waals surface area contributed by atoms with E-state index in [9.17, 15) is 4.79 Å². The van der Waals surface area contributed by atoms with Crippen molar-refractivity contribution < 1.29 is 19.0 Å². The van der Waals surface area contributed by atoms with Gasteiger partial charge in [-0.3, -0.25) is 9.69 Å². The summed E-state index contributed by atoms with van der Waals surface area (Å²) in [7, 11) is 4.85. The Balaban J connectivity index is 0.00000280. The molecule has 2 aliphatic heterocycles. The van der Waals surface area contributed by atoms with Crippen LogP contribution in [-0.4, -0.2) is 68.8 Å². The van der Waals surface area contributed by atoms with Crippen molar-refractivity contribution in [3.8, 4) is 17.2 Å². The summed E-state index contributed by atoms with van der Waals surface area (Å²) in [5.41, 5.74) is 1.01. The Morgan fingerprint density at radius 3 is 2.11 bits per heavy atom. The van der Waals surface area contributed by atoms with Gasteiger partial charge in [0.05, 0.1) is 21.3 Å². The third-order valence-corrected chi connectivity index (χ3v) is 5.51. The monoisotopic (exact) mass is 410 g/mol. The Labute approximate surface area is 173 Å². The lowest BCUT2D eigenvalue weighted by Gasteiger charge is -2.40. The molecule has 1 amide bonds. The van der Waals surface area contributed by atoms with E-state index >= 15 is 0 Å². The average molecular weight is 411 g/mol. The molecule has 2 aliphatic rings. The molecule has 3 rings (SSSR count). The number of carbonyl (C=O) groups excluding carboxylic acids is 1. The fraction of sp³-hybridized carbons (Fsp3) is 0.571. The lowest BCUT2D eigenvalue weighted by atomic mass is 10.1. The number of benzene rings is 1. The number of methoxy groups -OCH3 is 3. The SMILES string of the molecule is CCC(=O)N1C2CCC1CN(C/C=C/c1cc(OC)c(OC)c(OC)c1)C2.Cl. The number of halogens is 1. The summed E-state index contributed by atoms with van der Waals surface area (Å²) in [6.45, 7) is 4.75. The van der Waals surface area contributed by atoms with Crippen LogP contribution in [0.2, 0.25) is 0 Å². The highest BCUT2D eigenvalue weighted by Crippen LogP contribution is 2.38. The normalized spacial score (nSPS) is 21.5. The Morgan fingerprint density at radius 1 is 1.07 bits per heavy atom. The van der Waals surface area contributed by atoms with Crippen LogP contribution in [0.15, 0.2) is 18.2 Å². The average Bonchev–Trinajstić information content (AvgIpc) is 2.96. The molecule has 1 aromatic carbocycles. The van der Waals surface area contributed by atoms with E-state index in [1.54, 1.807) is 21.3 Å². The molecule has 2 fully saturated rings. The van der Waals surface area contributed by atoms with E-state index in [0.29, 0.717) is 41.7 Å². The van der Waals surface area contributed by atoms with E-state index in [4.69, 9.17) is 14.2 Å². The number of rotatable bonds is 7. The Bertz CT molecular complexity index is 671. The van der Waals surface area contributed by atoms with Crippen molar-refractivity contribution in [2.45, 2.75) is 38.3 Å². The molecule has 2 saturated heterocycles. The van der Waals surface area contributed by atoms with Gasteiger partial charge in [0.15, 0.2) is 11.5 Å². The van der Waals surface area contributed by atoms with E-state index in [-0.39, 0.29) is 12.4 Å². The molecule has 1 aromatic rings. The predicted octanol–water partition coefficient (Wildman–Crippen LogP) is 3.23. The lowest BCUT2D eigenvalue weighted by molar-refractivity contribution is -0.136. The number of carbonyl (C=O) groups is 1. The molecule has 156 valence electrons. The molecular formula is C21H31ClN2O4. The quantitative estimate of drug-likeness (QED) is 0.690. The lowest BCUT2D eigenvalue weighted by Crippen LogP contribution is -2.55. The molecule has 0 spiro atoms. The van der Waals surface area contributed by atoms with Crippen LogP contribution in [0.5, 0.6) is 17.2 Å². The zero-order valence-corrected chi connectivity index (χ0v) is 18.0. The second-order valence-corrected chi connectivity index (χ2v) is 7.12. The first-order valence-electron chi connectivity index (χ1n) is 9.61. The molecule has 0 radical (unpaired) electrons. The molecule has 0 aliphatic carbocycles. The number of piperazine rings is 1. The number of nitrogens with zero attached hydrogens (tertiary/aromatic N) is 2. The Hall–Kier alpha value is -1.92. The van der Waals surface area contributed by atoms with Crippen LogP contribution in [-0.2, 0) is 4.79 Å². The molecule has 0 aromatic heterocycles. The van der Waals surface area contributed by atoms with Gasteiger partial charge in [-0.15, -0.1) is 12.4 Å². The minimum absolute atomic E-state index is 0. The molecule has 2 atom stereocenters. The third kappa shape index (κ3) is 4.55. The summed E-state index contributed by atoms with van der Waals surface area (Å²) in [6, 6.07) is 4.65. The Kier molecular flexibility index (Phi) is 8.01. The Morgan fingerprint density at radius 2 is 1.64 bits per heavy atom. The second-order valence-electron chi connectivity index (χ2n) is 7.12. The standard InChI is InChI=1S/C21H30N2O4.ClH/c1-5-20(24)23-16-8-9-17(23)14-22(13-16)10-6-7-15-11-18(25-2)21(27-4)19(12-15)26-3;/h6-7,11-12,16-17H,5,8-10,13-14H2,1-4H3;1H/b7-6+;. The van der Waals surface area contributed by atoms with Gasteiger partial charge >= 0.3 is 0 Å². The number of fused-ring (bicyclic) bond motifs is 2. The maximum absolute atomic E-state index is 12.2. The van der Waals surface area contributed by atoms with E-state index in [1.807, 2.05) is 19.1 Å². The fourth-order valence-electron chi connectivity index (χ4n) is 4.26. The molecule has 7 heteroatoms. The maximum atomic E-state index is 12.2. The molecule has 2 heterocycles. The molecule has 0 saturated carbocycles. The van der Waals surface area contributed by atoms with Crippen molar-refractivity contribution in [2.75, 3.05) is 41.0 Å². The minimum atomic E-state index is 0. The van der Waals surface area contributed by atoms with Crippen LogP contribution in [0, 0.1) is 0 Å². The zero-order chi connectivity index (χ0) is 19.4. The second kappa shape index (κ2) is 10.0. The van der Waals surface area contributed by atoms with Crippen LogP contribution < -0.4 is 14.2 Å². The summed E-state index contributed by atoms with van der Waals surface area (Å²) in [4.78, 5) is 16.7. The first-order chi connectivity index (χ1) is 13.1. The van der Waals surface area contributed by atoms with Crippen LogP contribution in [0.25, 0.3) is 6.08 Å². The maximum Gasteiger partial charge on any atom is 0.222 e. The van der Waals surface area contributed by atoms with E-state index in [1.165, 1.54) is 0 Å². The molecule has 0 N–H and O–H groups in total. The van der Waals surface area contributed by atoms with Gasteiger partial charge in [-0.25, -0.2) is 0 Å². The van der Waals surface area contributed by atoms with Gasteiger partial charge in [0, 0.05) is 38.1 Å². The summed E-state index contributed by atoms with van der Waals surface area (Å²) in [6.07, 6.45) is 7.11. The van der Waals surface area contributed by atoms with E-state index in [2.05, 4.69) is 22.0 Å². The van der Waals surface area contributed by atoms with Crippen molar-refractivity contribution >= 4 is 24.4 Å². The van der Waals surface area contributed by atoms with Gasteiger partial charge in [-0.1, -0.05) is 19.1 Å². The first kappa shape index (κ1) is 22.4. The summed E-state index contributed by atoms with van der Waals surface area (Å²) >= 11 is 0. The van der Waals surface area contributed by atoms with Crippen LogP contribution in [0.1, 0.15) is 31.7 Å². The highest BCUT2D eigenvalue weighted by molar-refractivity contribution is 5.85. The third-order valence-electron chi connectivity index (χ3n) is 5.51. The highest BCUT2D eigenvalue weighted by Gasteiger charge is 2.41. The first-order valence-corrected chi connectivity index (χ1v) is 9.61. The molecule has 2 bridgehead atoms. The minimum Gasteiger partial charge on any atom is -0.493 e. The van der Waals surface area contributed by atoms with Crippen molar-refractivity contribution in [2.24, 2.45) is 0 Å². The van der Waals surface area contributed by atoms with Crippen LogP contribution in [0.4, 0.5) is 0 Å². The van der Waals surface area contributed by atoms with Crippen molar-refractivity contribution in [1.82, 2.24) is 9.80 Å². The zero-order valence-electron chi connectivity index (χ0n) is 17.1. The fourth-order valence-corrected chi connectivity index (χ4v) is 4.26. The van der Waals surface area contributed by atoms with E-state index < -0.39 is 0 Å². The smallest absolute Gasteiger partial charge is 0.222 e. The summed E-state index contributed by atoms with van der Waals surface area (Å²) in [5.74, 6) is 2.21. The number of ether oxygens (including phenoxy) is 3. The number of hydrogen-bond acceptors (Lipinski definition) is 5. The predicted molar refractivity (Wildman–Crippen MR) is 113 cm³/mol. The van der Waals surface area contributed by atoms with Crippen LogP contribution >= 0.6 is 12.4 Å². The molecular weight excluding hydrogens is 380 g/mol. The summed E-state index contributed by atoms with van der Waals surface area (Å²) in [5, 5.41) is 0. The van der Waals surface area contributed by atoms with Gasteiger partial charge in [0.25, 0.3) is 0 Å². The largest absolute Gasteiger partial charge is 0.493 e. The van der Waals surface area contributed by atoms with Gasteiger partial charge in [-0.05, 0) is 30.5 Å². The van der Waals surface area contributed by atoms with Crippen molar-refractivity contribution in [3.63, 3.8) is 0 Å².